The second-order valence-electron chi connectivity index (χ2n) is 6.68. The van der Waals surface area contributed by atoms with Gasteiger partial charge in [-0.25, -0.2) is 0 Å². The summed E-state index contributed by atoms with van der Waals surface area (Å²) in [4.78, 5) is 24.5. The summed E-state index contributed by atoms with van der Waals surface area (Å²) in [5.74, 6) is -0.393. The molecule has 0 spiro atoms. The van der Waals surface area contributed by atoms with Crippen LogP contribution in [0.15, 0.2) is 48.5 Å². The van der Waals surface area contributed by atoms with Crippen molar-refractivity contribution in [1.82, 2.24) is 0 Å². The fourth-order valence-corrected chi connectivity index (χ4v) is 2.66. The van der Waals surface area contributed by atoms with Gasteiger partial charge in [0, 0.05) is 5.69 Å². The number of hydrogen-bond acceptors (Lipinski definition) is 3. The van der Waals surface area contributed by atoms with Crippen LogP contribution in [0.25, 0.3) is 0 Å². The van der Waals surface area contributed by atoms with E-state index in [4.69, 9.17) is 4.74 Å². The molecule has 0 radical (unpaired) electrons. The molecule has 0 fully saturated rings. The maximum atomic E-state index is 12.4. The minimum absolute atomic E-state index is 0.154. The topological polar surface area (TPSA) is 55.4 Å². The van der Waals surface area contributed by atoms with Gasteiger partial charge in [-0.05, 0) is 43.4 Å². The lowest BCUT2D eigenvalue weighted by molar-refractivity contribution is -0.152. The Morgan fingerprint density at radius 2 is 1.69 bits per heavy atom. The van der Waals surface area contributed by atoms with Gasteiger partial charge in [-0.3, -0.25) is 9.59 Å². The van der Waals surface area contributed by atoms with E-state index in [0.717, 1.165) is 28.8 Å². The predicted molar refractivity (Wildman–Crippen MR) is 104 cm³/mol. The summed E-state index contributed by atoms with van der Waals surface area (Å²) >= 11 is 0. The van der Waals surface area contributed by atoms with Gasteiger partial charge in [0.1, 0.15) is 0 Å². The minimum Gasteiger partial charge on any atom is -0.452 e. The van der Waals surface area contributed by atoms with Crippen molar-refractivity contribution in [3.05, 3.63) is 65.2 Å². The molecule has 4 heteroatoms. The Balaban J connectivity index is 1.95. The normalized spacial score (nSPS) is 12.9. The smallest absolute Gasteiger partial charge is 0.311 e. The van der Waals surface area contributed by atoms with Gasteiger partial charge in [-0.1, -0.05) is 61.9 Å². The van der Waals surface area contributed by atoms with Crippen LogP contribution in [0.4, 0.5) is 5.69 Å². The summed E-state index contributed by atoms with van der Waals surface area (Å²) in [5, 5.41) is 2.89. The summed E-state index contributed by atoms with van der Waals surface area (Å²) < 4.78 is 5.29. The van der Waals surface area contributed by atoms with Gasteiger partial charge in [-0.15, -0.1) is 0 Å². The first kappa shape index (κ1) is 19.7. The lowest BCUT2D eigenvalue weighted by Gasteiger charge is -2.18. The van der Waals surface area contributed by atoms with E-state index >= 15 is 0 Å². The molecule has 0 heterocycles. The maximum absolute atomic E-state index is 12.4. The Morgan fingerprint density at radius 1 is 1.04 bits per heavy atom. The third-order valence-electron chi connectivity index (χ3n) is 4.51. The Morgan fingerprint density at radius 3 is 2.35 bits per heavy atom. The zero-order valence-electron chi connectivity index (χ0n) is 15.9. The second-order valence-corrected chi connectivity index (χ2v) is 6.68. The summed E-state index contributed by atoms with van der Waals surface area (Å²) in [5.41, 5.74) is 3.86. The molecule has 2 aromatic rings. The van der Waals surface area contributed by atoms with Crippen molar-refractivity contribution in [1.29, 1.82) is 0 Å². The molecule has 0 aliphatic carbocycles. The molecule has 0 aromatic heterocycles. The molecule has 26 heavy (non-hydrogen) atoms. The number of anilines is 1. The van der Waals surface area contributed by atoms with E-state index in [-0.39, 0.29) is 12.3 Å². The van der Waals surface area contributed by atoms with Crippen LogP contribution in [0, 0.1) is 6.92 Å². The van der Waals surface area contributed by atoms with Gasteiger partial charge in [0.15, 0.2) is 6.10 Å². The second kappa shape index (κ2) is 9.18. The lowest BCUT2D eigenvalue weighted by Crippen LogP contribution is -2.30. The molecule has 1 N–H and O–H groups in total. The van der Waals surface area contributed by atoms with Crippen molar-refractivity contribution in [2.24, 2.45) is 0 Å². The Kier molecular flexibility index (Phi) is 6.96. The number of aryl methyl sites for hydroxylation is 1. The average Bonchev–Trinajstić information content (AvgIpc) is 2.63. The molecule has 0 saturated heterocycles. The van der Waals surface area contributed by atoms with Crippen LogP contribution < -0.4 is 5.32 Å². The quantitative estimate of drug-likeness (QED) is 0.739. The Bertz CT molecular complexity index is 752. The van der Waals surface area contributed by atoms with Gasteiger partial charge in [-0.2, -0.15) is 0 Å². The highest BCUT2D eigenvalue weighted by molar-refractivity contribution is 5.95. The van der Waals surface area contributed by atoms with Crippen LogP contribution in [-0.2, 0) is 20.7 Å². The third kappa shape index (κ3) is 5.45. The van der Waals surface area contributed by atoms with Crippen LogP contribution in [-0.4, -0.2) is 18.0 Å². The van der Waals surface area contributed by atoms with E-state index in [1.807, 2.05) is 55.5 Å². The average molecular weight is 353 g/mol. The van der Waals surface area contributed by atoms with Crippen molar-refractivity contribution in [2.45, 2.75) is 52.6 Å². The van der Waals surface area contributed by atoms with Gasteiger partial charge in [0.05, 0.1) is 6.42 Å². The van der Waals surface area contributed by atoms with E-state index in [1.165, 1.54) is 0 Å². The van der Waals surface area contributed by atoms with E-state index in [9.17, 15) is 9.59 Å². The number of benzene rings is 2. The first-order chi connectivity index (χ1) is 12.4. The molecule has 2 rings (SSSR count). The third-order valence-corrected chi connectivity index (χ3v) is 4.51. The highest BCUT2D eigenvalue weighted by atomic mass is 16.5. The Labute approximate surface area is 155 Å². The monoisotopic (exact) mass is 353 g/mol. The van der Waals surface area contributed by atoms with E-state index in [2.05, 4.69) is 19.2 Å². The molecule has 0 saturated carbocycles. The van der Waals surface area contributed by atoms with Gasteiger partial charge in [0.25, 0.3) is 5.91 Å². The predicted octanol–water partition coefficient (Wildman–Crippen LogP) is 4.62. The van der Waals surface area contributed by atoms with E-state index < -0.39 is 12.1 Å². The number of para-hydroxylation sites is 1. The molecule has 0 aliphatic heterocycles. The number of amides is 1. The Hall–Kier alpha value is -2.62. The maximum Gasteiger partial charge on any atom is 0.311 e. The van der Waals surface area contributed by atoms with Crippen LogP contribution in [0.1, 0.15) is 49.8 Å². The van der Waals surface area contributed by atoms with Gasteiger partial charge in [0.2, 0.25) is 0 Å². The summed E-state index contributed by atoms with van der Waals surface area (Å²) in [6.07, 6.45) is 0.285. The molecule has 138 valence electrons. The molecular formula is C22H27NO3. The van der Waals surface area contributed by atoms with Crippen molar-refractivity contribution >= 4 is 17.6 Å². The molecule has 2 aromatic carbocycles. The number of nitrogens with one attached hydrogen (secondary N) is 1. The zero-order valence-corrected chi connectivity index (χ0v) is 15.9. The fraction of sp³-hybridized carbons (Fsp3) is 0.364. The minimum atomic E-state index is -0.849. The standard InChI is InChI=1S/C22H27NO3/c1-5-16(3)19-8-6-7-9-20(19)23-22(25)17(4)26-21(24)14-18-12-10-15(2)11-13-18/h6-13,16-17H,5,14H2,1-4H3,(H,23,25)/t16-,17+/m1/s1. The highest BCUT2D eigenvalue weighted by Gasteiger charge is 2.19. The van der Waals surface area contributed by atoms with Crippen molar-refractivity contribution < 1.29 is 14.3 Å². The lowest BCUT2D eigenvalue weighted by atomic mass is 9.97. The molecule has 0 bridgehead atoms. The van der Waals surface area contributed by atoms with Crippen molar-refractivity contribution in [3.8, 4) is 0 Å². The number of carbonyl (C=O) groups is 2. The van der Waals surface area contributed by atoms with E-state index in [0.29, 0.717) is 5.92 Å². The first-order valence-corrected chi connectivity index (χ1v) is 9.05. The highest BCUT2D eigenvalue weighted by Crippen LogP contribution is 2.26. The molecule has 1 amide bonds. The van der Waals surface area contributed by atoms with Crippen LogP contribution in [0.5, 0.6) is 0 Å². The number of ether oxygens (including phenoxy) is 1. The van der Waals surface area contributed by atoms with Crippen LogP contribution in [0.2, 0.25) is 0 Å². The molecule has 0 unspecified atom stereocenters. The summed E-state index contributed by atoms with van der Waals surface area (Å²) in [7, 11) is 0. The number of rotatable bonds is 7. The SMILES string of the molecule is CC[C@@H](C)c1ccccc1NC(=O)[C@H](C)OC(=O)Cc1ccc(C)cc1. The van der Waals surface area contributed by atoms with E-state index in [1.54, 1.807) is 6.92 Å². The summed E-state index contributed by atoms with van der Waals surface area (Å²) in [6.45, 7) is 7.81. The molecule has 0 aliphatic rings. The van der Waals surface area contributed by atoms with Gasteiger partial charge < -0.3 is 10.1 Å². The largest absolute Gasteiger partial charge is 0.452 e. The van der Waals surface area contributed by atoms with Crippen LogP contribution >= 0.6 is 0 Å². The van der Waals surface area contributed by atoms with Crippen molar-refractivity contribution in [2.75, 3.05) is 5.32 Å². The fourth-order valence-electron chi connectivity index (χ4n) is 2.66. The first-order valence-electron chi connectivity index (χ1n) is 9.05. The number of hydrogen-bond donors (Lipinski definition) is 1. The van der Waals surface area contributed by atoms with Crippen molar-refractivity contribution in [3.63, 3.8) is 0 Å². The summed E-state index contributed by atoms with van der Waals surface area (Å²) in [6, 6.07) is 15.4. The number of esters is 1. The molecular weight excluding hydrogens is 326 g/mol. The van der Waals surface area contributed by atoms with Gasteiger partial charge >= 0.3 is 5.97 Å². The molecule has 4 nitrogen and oxygen atoms in total. The van der Waals surface area contributed by atoms with Crippen LogP contribution in [0.3, 0.4) is 0 Å². The molecule has 2 atom stereocenters. The zero-order chi connectivity index (χ0) is 19.1. The number of carbonyl (C=O) groups excluding carboxylic acids is 2.